The molecule has 140 valence electrons. The number of rotatable bonds is 4. The van der Waals surface area contributed by atoms with Gasteiger partial charge in [-0.2, -0.15) is 0 Å². The van der Waals surface area contributed by atoms with Gasteiger partial charge in [-0.05, 0) is 30.3 Å². The number of nitrogens with one attached hydrogen (secondary N) is 2. The van der Waals surface area contributed by atoms with Gasteiger partial charge < -0.3 is 20.5 Å². The average Bonchev–Trinajstić information content (AvgIpc) is 3.06. The number of carboxylic acid groups (broad SMARTS) is 2. The van der Waals surface area contributed by atoms with E-state index in [-0.39, 0.29) is 11.1 Å². The number of aromatic nitrogens is 2. The number of hydrogen-bond acceptors (Lipinski definition) is 4. The van der Waals surface area contributed by atoms with Crippen molar-refractivity contribution in [1.29, 1.82) is 0 Å². The van der Waals surface area contributed by atoms with Gasteiger partial charge in [0, 0.05) is 32.7 Å². The molecule has 0 atom stereocenters. The fourth-order valence-electron chi connectivity index (χ4n) is 3.06. The molecule has 0 radical (unpaired) electrons. The number of anilines is 2. The summed E-state index contributed by atoms with van der Waals surface area (Å²) < 4.78 is 0. The number of hydrogen-bond donors (Lipinski definition) is 4. The van der Waals surface area contributed by atoms with Crippen LogP contribution in [0.1, 0.15) is 20.7 Å². The summed E-state index contributed by atoms with van der Waals surface area (Å²) in [5, 5.41) is 23.6. The Bertz CT molecular complexity index is 1260. The second-order valence-corrected chi connectivity index (χ2v) is 6.91. The number of pyridine rings is 1. The van der Waals surface area contributed by atoms with Crippen LogP contribution in [0.2, 0.25) is 10.0 Å². The zero-order chi connectivity index (χ0) is 20.0. The van der Waals surface area contributed by atoms with E-state index in [1.165, 1.54) is 18.3 Å². The predicted molar refractivity (Wildman–Crippen MR) is 107 cm³/mol. The normalized spacial score (nSPS) is 11.1. The van der Waals surface area contributed by atoms with Crippen LogP contribution >= 0.6 is 23.2 Å². The van der Waals surface area contributed by atoms with Crippen molar-refractivity contribution in [3.05, 3.63) is 63.8 Å². The third kappa shape index (κ3) is 3.11. The number of benzene rings is 2. The molecule has 4 aromatic rings. The number of aromatic carboxylic acids is 2. The minimum absolute atomic E-state index is 0.0449. The van der Waals surface area contributed by atoms with Gasteiger partial charge in [-0.25, -0.2) is 14.6 Å². The van der Waals surface area contributed by atoms with E-state index in [2.05, 4.69) is 15.3 Å². The zero-order valence-corrected chi connectivity index (χ0v) is 15.5. The monoisotopic (exact) mass is 415 g/mol. The molecule has 4 N–H and O–H groups in total. The summed E-state index contributed by atoms with van der Waals surface area (Å²) in [5.41, 5.74) is 1.45. The molecule has 4 rings (SSSR count). The van der Waals surface area contributed by atoms with E-state index in [0.29, 0.717) is 43.4 Å². The largest absolute Gasteiger partial charge is 0.478 e. The fraction of sp³-hybridized carbons (Fsp3) is 0. The molecule has 0 amide bonds. The van der Waals surface area contributed by atoms with Crippen LogP contribution in [0.5, 0.6) is 0 Å². The lowest BCUT2D eigenvalue weighted by molar-refractivity contribution is 0.0687. The van der Waals surface area contributed by atoms with Gasteiger partial charge in [-0.1, -0.05) is 29.3 Å². The van der Waals surface area contributed by atoms with Crippen LogP contribution in [0.3, 0.4) is 0 Å². The maximum absolute atomic E-state index is 11.7. The maximum Gasteiger partial charge on any atom is 0.337 e. The third-order valence-electron chi connectivity index (χ3n) is 4.22. The predicted octanol–water partition coefficient (Wildman–Crippen LogP) is 5.16. The molecule has 2 aromatic heterocycles. The van der Waals surface area contributed by atoms with Gasteiger partial charge in [0.05, 0.1) is 22.2 Å². The Morgan fingerprint density at radius 2 is 1.71 bits per heavy atom. The van der Waals surface area contributed by atoms with Crippen molar-refractivity contribution in [3.8, 4) is 0 Å². The van der Waals surface area contributed by atoms with Crippen LogP contribution in [0.4, 0.5) is 11.5 Å². The van der Waals surface area contributed by atoms with Crippen molar-refractivity contribution < 1.29 is 19.8 Å². The van der Waals surface area contributed by atoms with Gasteiger partial charge in [0.2, 0.25) is 0 Å². The van der Waals surface area contributed by atoms with Gasteiger partial charge in [-0.15, -0.1) is 0 Å². The summed E-state index contributed by atoms with van der Waals surface area (Å²) in [6, 6.07) is 9.21. The van der Waals surface area contributed by atoms with Crippen LogP contribution in [-0.4, -0.2) is 32.1 Å². The summed E-state index contributed by atoms with van der Waals surface area (Å²) in [7, 11) is 0. The second kappa shape index (κ2) is 6.70. The number of fused-ring (bicyclic) bond motifs is 3. The van der Waals surface area contributed by atoms with Gasteiger partial charge in [0.1, 0.15) is 0 Å². The molecule has 0 unspecified atom stereocenters. The summed E-state index contributed by atoms with van der Waals surface area (Å²) in [5.74, 6) is -1.90. The molecule has 0 aliphatic heterocycles. The van der Waals surface area contributed by atoms with Crippen molar-refractivity contribution >= 4 is 68.5 Å². The molecule has 0 fully saturated rings. The number of aromatic amines is 1. The van der Waals surface area contributed by atoms with Gasteiger partial charge in [0.15, 0.2) is 5.82 Å². The molecule has 7 nitrogen and oxygen atoms in total. The maximum atomic E-state index is 11.7. The van der Waals surface area contributed by atoms with Crippen molar-refractivity contribution in [3.63, 3.8) is 0 Å². The Hall–Kier alpha value is -3.29. The minimum atomic E-state index is -1.11. The lowest BCUT2D eigenvalue weighted by Gasteiger charge is -2.11. The van der Waals surface area contributed by atoms with Crippen LogP contribution in [0, 0.1) is 0 Å². The molecule has 0 bridgehead atoms. The molecule has 28 heavy (non-hydrogen) atoms. The first kappa shape index (κ1) is 18.1. The van der Waals surface area contributed by atoms with E-state index in [0.717, 1.165) is 0 Å². The highest BCUT2D eigenvalue weighted by molar-refractivity contribution is 6.35. The quantitative estimate of drug-likeness (QED) is 0.365. The lowest BCUT2D eigenvalue weighted by Crippen LogP contribution is -2.00. The standard InChI is InChI=1S/C19H11Cl2N3O4/c20-9-4-10(21)6-11(5-9)23-17-16-15(13(7-22-16)19(27)28)12-2-1-8(18(25)26)3-14(12)24-17/h1-7,22H,(H,23,24)(H,25,26)(H,27,28). The highest BCUT2D eigenvalue weighted by atomic mass is 35.5. The van der Waals surface area contributed by atoms with Crippen molar-refractivity contribution in [2.75, 3.05) is 5.32 Å². The molecular formula is C19H11Cl2N3O4. The summed E-state index contributed by atoms with van der Waals surface area (Å²) >= 11 is 12.1. The molecule has 2 aromatic carbocycles. The van der Waals surface area contributed by atoms with E-state index >= 15 is 0 Å². The Morgan fingerprint density at radius 3 is 2.36 bits per heavy atom. The van der Waals surface area contributed by atoms with E-state index in [1.807, 2.05) is 0 Å². The molecule has 0 aliphatic carbocycles. The Labute approximate surface area is 167 Å². The summed E-state index contributed by atoms with van der Waals surface area (Å²) in [4.78, 5) is 30.4. The van der Waals surface area contributed by atoms with E-state index < -0.39 is 11.9 Å². The number of H-pyrrole nitrogens is 1. The van der Waals surface area contributed by atoms with Crippen molar-refractivity contribution in [2.45, 2.75) is 0 Å². The van der Waals surface area contributed by atoms with Crippen LogP contribution in [-0.2, 0) is 0 Å². The van der Waals surface area contributed by atoms with Gasteiger partial charge in [0.25, 0.3) is 0 Å². The SMILES string of the molecule is O=C(O)c1ccc2c(c1)nc(Nc1cc(Cl)cc(Cl)c1)c1[nH]cc(C(=O)O)c12. The molecule has 9 heteroatoms. The Balaban J connectivity index is 2.00. The van der Waals surface area contributed by atoms with Crippen molar-refractivity contribution in [1.82, 2.24) is 9.97 Å². The molecule has 0 spiro atoms. The highest BCUT2D eigenvalue weighted by Crippen LogP contribution is 2.34. The van der Waals surface area contributed by atoms with Gasteiger partial charge in [-0.3, -0.25) is 0 Å². The van der Waals surface area contributed by atoms with E-state index in [9.17, 15) is 19.8 Å². The third-order valence-corrected chi connectivity index (χ3v) is 4.66. The zero-order valence-electron chi connectivity index (χ0n) is 14.0. The molecule has 0 aliphatic rings. The number of carbonyl (C=O) groups is 2. The first-order chi connectivity index (χ1) is 13.3. The summed E-state index contributed by atoms with van der Waals surface area (Å²) in [6.45, 7) is 0. The molecule has 0 saturated heterocycles. The van der Waals surface area contributed by atoms with E-state index in [1.54, 1.807) is 24.3 Å². The highest BCUT2D eigenvalue weighted by Gasteiger charge is 2.19. The first-order valence-electron chi connectivity index (χ1n) is 7.98. The summed E-state index contributed by atoms with van der Waals surface area (Å²) in [6.07, 6.45) is 1.37. The van der Waals surface area contributed by atoms with Crippen molar-refractivity contribution in [2.24, 2.45) is 0 Å². The fourth-order valence-corrected chi connectivity index (χ4v) is 3.58. The topological polar surface area (TPSA) is 115 Å². The number of carboxylic acids is 2. The Morgan fingerprint density at radius 1 is 1.00 bits per heavy atom. The second-order valence-electron chi connectivity index (χ2n) is 6.04. The Kier molecular flexibility index (Phi) is 4.33. The molecular weight excluding hydrogens is 405 g/mol. The van der Waals surface area contributed by atoms with Crippen LogP contribution in [0.25, 0.3) is 21.8 Å². The smallest absolute Gasteiger partial charge is 0.337 e. The van der Waals surface area contributed by atoms with Gasteiger partial charge >= 0.3 is 11.9 Å². The molecule has 0 saturated carbocycles. The van der Waals surface area contributed by atoms with Crippen LogP contribution in [0.15, 0.2) is 42.6 Å². The number of nitrogens with zero attached hydrogens (tertiary/aromatic N) is 1. The molecule has 2 heterocycles. The minimum Gasteiger partial charge on any atom is -0.478 e. The average molecular weight is 416 g/mol. The lowest BCUT2D eigenvalue weighted by atomic mass is 10.0. The first-order valence-corrected chi connectivity index (χ1v) is 8.73. The number of halogens is 2. The van der Waals surface area contributed by atoms with E-state index in [4.69, 9.17) is 23.2 Å². The van der Waals surface area contributed by atoms with Crippen LogP contribution < -0.4 is 5.32 Å².